The first-order valence-corrected chi connectivity index (χ1v) is 5.63. The fraction of sp³-hybridized carbons (Fsp3) is 0.455. The normalized spacial score (nSPS) is 21.3. The first-order chi connectivity index (χ1) is 7.31. The van der Waals surface area contributed by atoms with E-state index in [1.807, 2.05) is 18.2 Å². The zero-order valence-corrected chi connectivity index (χ0v) is 10.1. The van der Waals surface area contributed by atoms with Crippen molar-refractivity contribution in [3.05, 3.63) is 28.2 Å². The Balaban J connectivity index is 2.20. The van der Waals surface area contributed by atoms with Crippen molar-refractivity contribution in [2.24, 2.45) is 0 Å². The van der Waals surface area contributed by atoms with E-state index in [9.17, 15) is 0 Å². The Hall–Kier alpha value is -0.580. The van der Waals surface area contributed by atoms with Crippen LogP contribution in [-0.2, 0) is 9.47 Å². The molecule has 82 valence electrons. The summed E-state index contributed by atoms with van der Waals surface area (Å²) >= 11 is 3.42. The molecule has 0 aromatic heterocycles. The topological polar surface area (TPSA) is 27.7 Å². The Labute approximate surface area is 97.5 Å². The smallest absolute Gasteiger partial charge is 0.133 e. The van der Waals surface area contributed by atoms with Crippen molar-refractivity contribution in [2.75, 3.05) is 26.9 Å². The number of halogens is 1. The minimum atomic E-state index is 0.0285. The van der Waals surface area contributed by atoms with Gasteiger partial charge in [-0.25, -0.2) is 0 Å². The minimum Gasteiger partial charge on any atom is -0.496 e. The summed E-state index contributed by atoms with van der Waals surface area (Å²) in [5.41, 5.74) is 1.09. The molecular formula is C11H13BrO3. The highest BCUT2D eigenvalue weighted by Crippen LogP contribution is 2.30. The van der Waals surface area contributed by atoms with Crippen LogP contribution in [0.15, 0.2) is 22.7 Å². The van der Waals surface area contributed by atoms with Gasteiger partial charge in [-0.1, -0.05) is 6.07 Å². The molecular weight excluding hydrogens is 260 g/mol. The molecule has 1 saturated heterocycles. The minimum absolute atomic E-state index is 0.0285. The van der Waals surface area contributed by atoms with Crippen LogP contribution in [0, 0.1) is 0 Å². The van der Waals surface area contributed by atoms with Crippen molar-refractivity contribution in [3.8, 4) is 5.75 Å². The summed E-state index contributed by atoms with van der Waals surface area (Å²) in [4.78, 5) is 0. The third-order valence-electron chi connectivity index (χ3n) is 2.36. The zero-order valence-electron chi connectivity index (χ0n) is 8.53. The molecule has 0 saturated carbocycles. The van der Waals surface area contributed by atoms with Gasteiger partial charge in [-0.15, -0.1) is 0 Å². The summed E-state index contributed by atoms with van der Waals surface area (Å²) in [6.07, 6.45) is 0.0285. The fourth-order valence-electron chi connectivity index (χ4n) is 1.56. The van der Waals surface area contributed by atoms with Gasteiger partial charge in [0.05, 0.1) is 31.4 Å². The molecule has 0 aliphatic carbocycles. The van der Waals surface area contributed by atoms with Crippen LogP contribution in [0.5, 0.6) is 5.75 Å². The van der Waals surface area contributed by atoms with E-state index in [0.717, 1.165) is 15.8 Å². The predicted molar refractivity (Wildman–Crippen MR) is 60.2 cm³/mol. The molecule has 0 spiro atoms. The molecule has 1 atom stereocenters. The Morgan fingerprint density at radius 2 is 2.27 bits per heavy atom. The van der Waals surface area contributed by atoms with E-state index in [4.69, 9.17) is 14.2 Å². The Bertz CT molecular complexity index is 335. The van der Waals surface area contributed by atoms with E-state index in [-0.39, 0.29) is 6.10 Å². The molecule has 1 heterocycles. The van der Waals surface area contributed by atoms with E-state index in [2.05, 4.69) is 15.9 Å². The molecule has 1 aromatic rings. The summed E-state index contributed by atoms with van der Waals surface area (Å²) in [6.45, 7) is 1.96. The van der Waals surface area contributed by atoms with Crippen molar-refractivity contribution in [2.45, 2.75) is 6.10 Å². The molecule has 4 heteroatoms. The molecule has 2 rings (SSSR count). The quantitative estimate of drug-likeness (QED) is 0.828. The van der Waals surface area contributed by atoms with Gasteiger partial charge in [-0.3, -0.25) is 0 Å². The standard InChI is InChI=1S/C11H13BrO3/c1-13-10-6-8(2-3-9(10)12)11-7-14-4-5-15-11/h2-3,6,11H,4-5,7H2,1H3. The summed E-state index contributed by atoms with van der Waals surface area (Å²) in [5, 5.41) is 0. The summed E-state index contributed by atoms with van der Waals surface area (Å²) in [6, 6.07) is 5.96. The van der Waals surface area contributed by atoms with E-state index >= 15 is 0 Å². The van der Waals surface area contributed by atoms with Crippen molar-refractivity contribution < 1.29 is 14.2 Å². The van der Waals surface area contributed by atoms with Crippen LogP contribution in [0.1, 0.15) is 11.7 Å². The van der Waals surface area contributed by atoms with Crippen molar-refractivity contribution in [3.63, 3.8) is 0 Å². The maximum Gasteiger partial charge on any atom is 0.133 e. The number of ether oxygens (including phenoxy) is 3. The SMILES string of the molecule is COc1cc(C2COCCO2)ccc1Br. The van der Waals surface area contributed by atoms with Gasteiger partial charge < -0.3 is 14.2 Å². The second-order valence-electron chi connectivity index (χ2n) is 3.33. The lowest BCUT2D eigenvalue weighted by atomic mass is 10.1. The van der Waals surface area contributed by atoms with Gasteiger partial charge in [0.15, 0.2) is 0 Å². The molecule has 0 N–H and O–H groups in total. The summed E-state index contributed by atoms with van der Waals surface area (Å²) in [5.74, 6) is 0.821. The first-order valence-electron chi connectivity index (χ1n) is 4.84. The Morgan fingerprint density at radius 3 is 2.93 bits per heavy atom. The number of hydrogen-bond acceptors (Lipinski definition) is 3. The van der Waals surface area contributed by atoms with Crippen molar-refractivity contribution in [1.29, 1.82) is 0 Å². The molecule has 1 aliphatic heterocycles. The molecule has 1 unspecified atom stereocenters. The highest BCUT2D eigenvalue weighted by Gasteiger charge is 2.17. The van der Waals surface area contributed by atoms with Gasteiger partial charge in [0, 0.05) is 0 Å². The zero-order chi connectivity index (χ0) is 10.7. The fourth-order valence-corrected chi connectivity index (χ4v) is 1.97. The largest absolute Gasteiger partial charge is 0.496 e. The van der Waals surface area contributed by atoms with Crippen LogP contribution < -0.4 is 4.74 Å². The van der Waals surface area contributed by atoms with Crippen LogP contribution in [0.25, 0.3) is 0 Å². The number of hydrogen-bond donors (Lipinski definition) is 0. The Kier molecular flexibility index (Phi) is 3.61. The molecule has 1 aromatic carbocycles. The molecule has 15 heavy (non-hydrogen) atoms. The van der Waals surface area contributed by atoms with Crippen LogP contribution in [0.4, 0.5) is 0 Å². The van der Waals surface area contributed by atoms with Crippen molar-refractivity contribution >= 4 is 15.9 Å². The van der Waals surface area contributed by atoms with Gasteiger partial charge in [-0.05, 0) is 33.6 Å². The van der Waals surface area contributed by atoms with Crippen LogP contribution >= 0.6 is 15.9 Å². The summed E-state index contributed by atoms with van der Waals surface area (Å²) < 4.78 is 17.2. The lowest BCUT2D eigenvalue weighted by Gasteiger charge is -2.23. The molecule has 1 aliphatic rings. The molecule has 1 fully saturated rings. The van der Waals surface area contributed by atoms with E-state index in [1.54, 1.807) is 7.11 Å². The van der Waals surface area contributed by atoms with Crippen molar-refractivity contribution in [1.82, 2.24) is 0 Å². The second-order valence-corrected chi connectivity index (χ2v) is 4.18. The molecule has 3 nitrogen and oxygen atoms in total. The van der Waals surface area contributed by atoms with E-state index in [0.29, 0.717) is 19.8 Å². The Morgan fingerprint density at radius 1 is 1.40 bits per heavy atom. The molecule has 0 bridgehead atoms. The molecule has 0 amide bonds. The lowest BCUT2D eigenvalue weighted by Crippen LogP contribution is -2.21. The van der Waals surface area contributed by atoms with Gasteiger partial charge in [-0.2, -0.15) is 0 Å². The average molecular weight is 273 g/mol. The number of rotatable bonds is 2. The van der Waals surface area contributed by atoms with Crippen LogP contribution in [-0.4, -0.2) is 26.9 Å². The average Bonchev–Trinajstić information content (AvgIpc) is 2.31. The van der Waals surface area contributed by atoms with Crippen LogP contribution in [0.2, 0.25) is 0 Å². The van der Waals surface area contributed by atoms with Gasteiger partial charge >= 0.3 is 0 Å². The maximum absolute atomic E-state index is 5.61. The summed E-state index contributed by atoms with van der Waals surface area (Å²) in [7, 11) is 1.65. The number of benzene rings is 1. The maximum atomic E-state index is 5.61. The lowest BCUT2D eigenvalue weighted by molar-refractivity contribution is -0.0902. The van der Waals surface area contributed by atoms with Crippen LogP contribution in [0.3, 0.4) is 0 Å². The predicted octanol–water partition coefficient (Wildman–Crippen LogP) is 2.55. The first kappa shape index (κ1) is 10.9. The van der Waals surface area contributed by atoms with E-state index in [1.165, 1.54) is 0 Å². The number of methoxy groups -OCH3 is 1. The third-order valence-corrected chi connectivity index (χ3v) is 3.02. The monoisotopic (exact) mass is 272 g/mol. The highest BCUT2D eigenvalue weighted by atomic mass is 79.9. The molecule has 0 radical (unpaired) electrons. The van der Waals surface area contributed by atoms with E-state index < -0.39 is 0 Å². The van der Waals surface area contributed by atoms with Gasteiger partial charge in [0.1, 0.15) is 11.9 Å². The third kappa shape index (κ3) is 2.51. The van der Waals surface area contributed by atoms with Gasteiger partial charge in [0.25, 0.3) is 0 Å². The highest BCUT2D eigenvalue weighted by molar-refractivity contribution is 9.10. The van der Waals surface area contributed by atoms with Gasteiger partial charge in [0.2, 0.25) is 0 Å². The second kappa shape index (κ2) is 4.96.